The highest BCUT2D eigenvalue weighted by Gasteiger charge is 2.28. The van der Waals surface area contributed by atoms with Gasteiger partial charge in [-0.05, 0) is 60.1 Å². The molecule has 0 fully saturated rings. The lowest BCUT2D eigenvalue weighted by atomic mass is 9.96. The molecule has 0 spiro atoms. The summed E-state index contributed by atoms with van der Waals surface area (Å²) in [5.41, 5.74) is 4.10. The topological polar surface area (TPSA) is 46.5 Å². The van der Waals surface area contributed by atoms with E-state index < -0.39 is 16.0 Å². The van der Waals surface area contributed by atoms with E-state index >= 15 is 0 Å². The van der Waals surface area contributed by atoms with Gasteiger partial charge in [-0.1, -0.05) is 30.8 Å². The number of carboxylic acid groups (broad SMARTS) is 1. The number of rotatable bonds is 4. The van der Waals surface area contributed by atoms with Crippen LogP contribution in [0, 0.1) is 0 Å². The van der Waals surface area contributed by atoms with Crippen LogP contribution in [0.1, 0.15) is 22.8 Å². The highest BCUT2D eigenvalue weighted by Crippen LogP contribution is 2.57. The van der Waals surface area contributed by atoms with Crippen molar-refractivity contribution in [3.63, 3.8) is 0 Å². The molecule has 0 bridgehead atoms. The monoisotopic (exact) mass is 356 g/mol. The molecule has 1 unspecified atom stereocenters. The molecule has 132 valence electrons. The molecule has 2 aromatic rings. The maximum absolute atomic E-state index is 11.2. The molecule has 2 aromatic carbocycles. The van der Waals surface area contributed by atoms with E-state index in [1.165, 1.54) is 5.56 Å². The van der Waals surface area contributed by atoms with Crippen molar-refractivity contribution in [3.8, 4) is 16.9 Å². The highest BCUT2D eigenvalue weighted by atomic mass is 32.3. The van der Waals surface area contributed by atoms with Crippen LogP contribution < -0.4 is 4.74 Å². The van der Waals surface area contributed by atoms with Crippen LogP contribution in [0.15, 0.2) is 49.0 Å². The largest absolute Gasteiger partial charge is 0.493 e. The van der Waals surface area contributed by atoms with Crippen LogP contribution in [0.5, 0.6) is 5.75 Å². The zero-order valence-corrected chi connectivity index (χ0v) is 15.7. The molecular weight excluding hydrogens is 332 g/mol. The van der Waals surface area contributed by atoms with Gasteiger partial charge in [-0.15, -0.1) is 0 Å². The van der Waals surface area contributed by atoms with E-state index in [1.54, 1.807) is 6.07 Å². The van der Waals surface area contributed by atoms with Gasteiger partial charge in [-0.25, -0.2) is 14.8 Å². The Kier molecular flexibility index (Phi) is 4.65. The minimum atomic E-state index is -0.993. The predicted molar refractivity (Wildman–Crippen MR) is 107 cm³/mol. The second-order valence-electron chi connectivity index (χ2n) is 7.17. The van der Waals surface area contributed by atoms with Crippen LogP contribution in [-0.2, 0) is 4.79 Å². The molecule has 25 heavy (non-hydrogen) atoms. The summed E-state index contributed by atoms with van der Waals surface area (Å²) in [4.78, 5) is 11.2. The lowest BCUT2D eigenvalue weighted by Crippen LogP contribution is -2.18. The molecule has 1 N–H and O–H groups in total. The van der Waals surface area contributed by atoms with Crippen molar-refractivity contribution in [2.45, 2.75) is 11.7 Å². The summed E-state index contributed by atoms with van der Waals surface area (Å²) in [6, 6.07) is 13.8. The van der Waals surface area contributed by atoms with Gasteiger partial charge in [0, 0.05) is 10.8 Å². The molecule has 1 heterocycles. The maximum atomic E-state index is 11.2. The molecule has 0 radical (unpaired) electrons. The minimum Gasteiger partial charge on any atom is -0.493 e. The lowest BCUT2D eigenvalue weighted by Gasteiger charge is -2.40. The lowest BCUT2D eigenvalue weighted by molar-refractivity contribution is -0.130. The van der Waals surface area contributed by atoms with Crippen molar-refractivity contribution in [2.24, 2.45) is 0 Å². The van der Waals surface area contributed by atoms with Crippen molar-refractivity contribution >= 4 is 21.6 Å². The second kappa shape index (κ2) is 6.60. The van der Waals surface area contributed by atoms with Crippen LogP contribution in [-0.4, -0.2) is 36.5 Å². The smallest absolute Gasteiger partial charge is 0.335 e. The Morgan fingerprint density at radius 1 is 1.16 bits per heavy atom. The zero-order valence-electron chi connectivity index (χ0n) is 14.9. The Bertz CT molecular complexity index is 833. The van der Waals surface area contributed by atoms with Gasteiger partial charge in [0.05, 0.1) is 12.2 Å². The van der Waals surface area contributed by atoms with E-state index in [2.05, 4.69) is 31.4 Å². The van der Waals surface area contributed by atoms with Gasteiger partial charge < -0.3 is 9.84 Å². The van der Waals surface area contributed by atoms with Gasteiger partial charge in [0.2, 0.25) is 0 Å². The predicted octanol–water partition coefficient (Wildman–Crippen LogP) is 4.97. The molecule has 3 nitrogen and oxygen atoms in total. The molecule has 4 heteroatoms. The number of carboxylic acids is 1. The molecule has 0 aromatic heterocycles. The third kappa shape index (κ3) is 3.59. The van der Waals surface area contributed by atoms with Crippen molar-refractivity contribution in [3.05, 3.63) is 60.2 Å². The first-order valence-electron chi connectivity index (χ1n) is 8.24. The van der Waals surface area contributed by atoms with Gasteiger partial charge in [0.1, 0.15) is 5.75 Å². The van der Waals surface area contributed by atoms with Crippen molar-refractivity contribution in [1.82, 2.24) is 0 Å². The zero-order chi connectivity index (χ0) is 18.2. The first kappa shape index (κ1) is 17.6. The summed E-state index contributed by atoms with van der Waals surface area (Å²) in [6.07, 6.45) is 8.08. The molecule has 3 rings (SSSR count). The minimum absolute atomic E-state index is 0.111. The van der Waals surface area contributed by atoms with E-state index in [0.717, 1.165) is 29.9 Å². The number of aliphatic carboxylic acids is 1. The highest BCUT2D eigenvalue weighted by molar-refractivity contribution is 8.32. The van der Waals surface area contributed by atoms with Crippen molar-refractivity contribution in [1.29, 1.82) is 0 Å². The van der Waals surface area contributed by atoms with Gasteiger partial charge in [0.25, 0.3) is 0 Å². The number of carbonyl (C=O) groups is 1. The summed E-state index contributed by atoms with van der Waals surface area (Å²) in [7, 11) is -0.743. The average Bonchev–Trinajstić information content (AvgIpc) is 2.59. The Morgan fingerprint density at radius 2 is 1.88 bits per heavy atom. The molecule has 0 saturated heterocycles. The fourth-order valence-corrected chi connectivity index (χ4v) is 5.04. The third-order valence-electron chi connectivity index (χ3n) is 4.65. The summed E-state index contributed by atoms with van der Waals surface area (Å²) in [6.45, 7) is 4.43. The molecule has 0 aliphatic carbocycles. The Balaban J connectivity index is 2.04. The standard InChI is InChI=1S/C21H24O3S/c1-14(21(22)23)15-6-5-7-16(12-15)17-8-9-19-18(13-17)20(10-11-24-19)25(2,3)4/h5-9,12-13,20H,1,10-11H2,2-4H3,(H,22,23). The van der Waals surface area contributed by atoms with E-state index in [0.29, 0.717) is 10.8 Å². The fourth-order valence-electron chi connectivity index (χ4n) is 3.29. The summed E-state index contributed by atoms with van der Waals surface area (Å²) < 4.78 is 5.85. The van der Waals surface area contributed by atoms with Crippen LogP contribution in [0.3, 0.4) is 0 Å². The SMILES string of the molecule is C=C(C(=O)O)c1cccc(-c2ccc3c(c2)C(S(C)(C)C)CCO3)c1. The number of hydrogen-bond donors (Lipinski definition) is 1. The van der Waals surface area contributed by atoms with Gasteiger partial charge in [-0.3, -0.25) is 0 Å². The summed E-state index contributed by atoms with van der Waals surface area (Å²) in [5.74, 6) is -0.0130. The molecule has 1 aliphatic heterocycles. The summed E-state index contributed by atoms with van der Waals surface area (Å²) >= 11 is 0. The molecule has 1 atom stereocenters. The normalized spacial score (nSPS) is 17.3. The molecule has 0 saturated carbocycles. The Labute approximate surface area is 150 Å². The molecular formula is C21H24O3S. The maximum Gasteiger partial charge on any atom is 0.335 e. The van der Waals surface area contributed by atoms with Crippen LogP contribution in [0.4, 0.5) is 0 Å². The first-order valence-corrected chi connectivity index (χ1v) is 11.2. The summed E-state index contributed by atoms with van der Waals surface area (Å²) in [5, 5.41) is 9.69. The third-order valence-corrected chi connectivity index (χ3v) is 6.85. The van der Waals surface area contributed by atoms with E-state index in [9.17, 15) is 4.79 Å². The number of benzene rings is 2. The number of hydrogen-bond acceptors (Lipinski definition) is 2. The van der Waals surface area contributed by atoms with Crippen LogP contribution in [0.2, 0.25) is 0 Å². The fraction of sp³-hybridized carbons (Fsp3) is 0.286. The number of fused-ring (bicyclic) bond motifs is 1. The molecule has 0 amide bonds. The van der Waals surface area contributed by atoms with E-state index in [1.807, 2.05) is 30.3 Å². The van der Waals surface area contributed by atoms with Crippen molar-refractivity contribution < 1.29 is 14.6 Å². The van der Waals surface area contributed by atoms with Gasteiger partial charge in [0.15, 0.2) is 0 Å². The molecule has 1 aliphatic rings. The first-order chi connectivity index (χ1) is 11.8. The Morgan fingerprint density at radius 3 is 2.56 bits per heavy atom. The van der Waals surface area contributed by atoms with Gasteiger partial charge >= 0.3 is 5.97 Å². The van der Waals surface area contributed by atoms with Crippen molar-refractivity contribution in [2.75, 3.05) is 25.4 Å². The van der Waals surface area contributed by atoms with Gasteiger partial charge in [-0.2, -0.15) is 0 Å². The Hall–Kier alpha value is -2.20. The van der Waals surface area contributed by atoms with Crippen LogP contribution >= 0.6 is 10.0 Å². The second-order valence-corrected chi connectivity index (χ2v) is 11.6. The average molecular weight is 356 g/mol. The van der Waals surface area contributed by atoms with E-state index in [-0.39, 0.29) is 5.57 Å². The van der Waals surface area contributed by atoms with Crippen LogP contribution in [0.25, 0.3) is 16.7 Å². The van der Waals surface area contributed by atoms with E-state index in [4.69, 9.17) is 9.84 Å². The quantitative estimate of drug-likeness (QED) is 0.787. The number of ether oxygens (including phenoxy) is 1.